The Labute approximate surface area is 270 Å². The van der Waals surface area contributed by atoms with Crippen LogP contribution >= 0.6 is 11.3 Å². The van der Waals surface area contributed by atoms with Crippen molar-refractivity contribution in [2.24, 2.45) is 0 Å². The number of furan rings is 1. The maximum absolute atomic E-state index is 10.1. The predicted octanol–water partition coefficient (Wildman–Crippen LogP) is 12.5. The van der Waals surface area contributed by atoms with E-state index < -0.39 is 0 Å². The highest BCUT2D eigenvalue weighted by Crippen LogP contribution is 2.43. The molecule has 2 heterocycles. The van der Waals surface area contributed by atoms with Gasteiger partial charge in [0.05, 0.1) is 11.6 Å². The molecule has 0 aliphatic heterocycles. The molecule has 0 radical (unpaired) electrons. The first-order valence-corrected chi connectivity index (χ1v) is 16.1. The third-order valence-electron chi connectivity index (χ3n) is 8.90. The SMILES string of the molecule is N#Cc1cc(-c2ccccc2)cc(-c2cc(-c3ccc4sc5ccccc5c4c3)ccc2-c2cccc3c2oc2ccccc23)c1. The zero-order chi connectivity index (χ0) is 30.6. The molecule has 0 amide bonds. The summed E-state index contributed by atoms with van der Waals surface area (Å²) < 4.78 is 9.09. The van der Waals surface area contributed by atoms with Crippen LogP contribution in [0.5, 0.6) is 0 Å². The zero-order valence-electron chi connectivity index (χ0n) is 24.7. The number of thiophene rings is 1. The molecule has 0 atom stereocenters. The molecule has 0 saturated carbocycles. The number of nitrogens with zero attached hydrogens (tertiary/aromatic N) is 1. The number of hydrogen-bond acceptors (Lipinski definition) is 3. The van der Waals surface area contributed by atoms with E-state index in [9.17, 15) is 5.26 Å². The Morgan fingerprint density at radius 3 is 2.04 bits per heavy atom. The molecule has 46 heavy (non-hydrogen) atoms. The summed E-state index contributed by atoms with van der Waals surface area (Å²) in [6.45, 7) is 0. The van der Waals surface area contributed by atoms with Gasteiger partial charge in [-0.3, -0.25) is 0 Å². The summed E-state index contributed by atoms with van der Waals surface area (Å²) in [5.41, 5.74) is 10.9. The summed E-state index contributed by atoms with van der Waals surface area (Å²) in [5.74, 6) is 0. The lowest BCUT2D eigenvalue weighted by atomic mass is 9.88. The van der Waals surface area contributed by atoms with Crippen LogP contribution in [0, 0.1) is 11.3 Å². The minimum absolute atomic E-state index is 0.626. The predicted molar refractivity (Wildman–Crippen MR) is 193 cm³/mol. The average Bonchev–Trinajstić information content (AvgIpc) is 3.70. The summed E-state index contributed by atoms with van der Waals surface area (Å²) in [6, 6.07) is 55.5. The van der Waals surface area contributed by atoms with Crippen LogP contribution in [-0.4, -0.2) is 0 Å². The minimum Gasteiger partial charge on any atom is -0.455 e. The van der Waals surface area contributed by atoms with E-state index in [4.69, 9.17) is 4.42 Å². The van der Waals surface area contributed by atoms with Crippen molar-refractivity contribution in [1.29, 1.82) is 5.26 Å². The molecular weight excluding hydrogens is 579 g/mol. The smallest absolute Gasteiger partial charge is 0.143 e. The lowest BCUT2D eigenvalue weighted by Gasteiger charge is -2.15. The van der Waals surface area contributed by atoms with Crippen LogP contribution in [0.3, 0.4) is 0 Å². The first kappa shape index (κ1) is 26.5. The molecule has 214 valence electrons. The molecule has 3 heteroatoms. The first-order chi connectivity index (χ1) is 22.7. The summed E-state index contributed by atoms with van der Waals surface area (Å²) in [7, 11) is 0. The molecular formula is C43H25NOS. The zero-order valence-corrected chi connectivity index (χ0v) is 25.5. The molecule has 2 aromatic heterocycles. The molecule has 9 rings (SSSR count). The van der Waals surface area contributed by atoms with Gasteiger partial charge in [0.15, 0.2) is 0 Å². The van der Waals surface area contributed by atoms with Crippen molar-refractivity contribution in [3.63, 3.8) is 0 Å². The third kappa shape index (κ3) is 4.31. The van der Waals surface area contributed by atoms with E-state index in [2.05, 4.69) is 115 Å². The van der Waals surface area contributed by atoms with Crippen molar-refractivity contribution in [2.45, 2.75) is 0 Å². The summed E-state index contributed by atoms with van der Waals surface area (Å²) in [6.07, 6.45) is 0. The monoisotopic (exact) mass is 603 g/mol. The van der Waals surface area contributed by atoms with Crippen LogP contribution in [-0.2, 0) is 0 Å². The quantitative estimate of drug-likeness (QED) is 0.201. The maximum atomic E-state index is 10.1. The van der Waals surface area contributed by atoms with Crippen molar-refractivity contribution in [3.8, 4) is 50.6 Å². The lowest BCUT2D eigenvalue weighted by molar-refractivity contribution is 0.670. The standard InChI is InChI=1S/C43H25NOS/c44-26-27-21-31(28-9-2-1-3-10-28)23-32(22-27)38-24-29(30-18-20-42-39(25-30)35-12-5-7-16-41(35)46-42)17-19-33(38)36-13-8-14-37-34-11-4-6-15-40(34)45-43(36)37/h1-25H. The molecule has 0 aliphatic carbocycles. The molecule has 0 fully saturated rings. The van der Waals surface area contributed by atoms with Crippen LogP contribution in [0.4, 0.5) is 0 Å². The van der Waals surface area contributed by atoms with Gasteiger partial charge in [0.25, 0.3) is 0 Å². The van der Waals surface area contributed by atoms with Gasteiger partial charge in [-0.05, 0) is 87.5 Å². The Hall–Kier alpha value is -5.95. The van der Waals surface area contributed by atoms with Crippen LogP contribution in [0.2, 0.25) is 0 Å². The van der Waals surface area contributed by atoms with Gasteiger partial charge in [-0.25, -0.2) is 0 Å². The van der Waals surface area contributed by atoms with E-state index in [0.29, 0.717) is 5.56 Å². The summed E-state index contributed by atoms with van der Waals surface area (Å²) >= 11 is 1.83. The van der Waals surface area contributed by atoms with E-state index in [1.807, 2.05) is 53.8 Å². The van der Waals surface area contributed by atoms with E-state index in [1.165, 1.54) is 20.2 Å². The Balaban J connectivity index is 1.31. The summed E-state index contributed by atoms with van der Waals surface area (Å²) in [4.78, 5) is 0. The Bertz CT molecular complexity index is 2650. The second kappa shape index (κ2) is 10.6. The van der Waals surface area contributed by atoms with Gasteiger partial charge in [-0.1, -0.05) is 103 Å². The molecule has 0 spiro atoms. The maximum Gasteiger partial charge on any atom is 0.143 e. The molecule has 0 N–H and O–H groups in total. The second-order valence-corrected chi connectivity index (χ2v) is 12.7. The van der Waals surface area contributed by atoms with Crippen molar-refractivity contribution < 1.29 is 4.42 Å². The van der Waals surface area contributed by atoms with Crippen LogP contribution in [0.15, 0.2) is 156 Å². The molecule has 0 unspecified atom stereocenters. The van der Waals surface area contributed by atoms with E-state index in [-0.39, 0.29) is 0 Å². The highest BCUT2D eigenvalue weighted by atomic mass is 32.1. The third-order valence-corrected chi connectivity index (χ3v) is 10.1. The number of nitriles is 1. The highest BCUT2D eigenvalue weighted by Gasteiger charge is 2.18. The fraction of sp³-hybridized carbons (Fsp3) is 0. The molecule has 0 aliphatic rings. The molecule has 7 aromatic carbocycles. The number of benzene rings is 7. The Morgan fingerprint density at radius 2 is 1.15 bits per heavy atom. The molecule has 0 saturated heterocycles. The molecule has 9 aromatic rings. The Kier molecular flexibility index (Phi) is 6.09. The van der Waals surface area contributed by atoms with Crippen LogP contribution in [0.1, 0.15) is 5.56 Å². The van der Waals surface area contributed by atoms with Crippen molar-refractivity contribution in [2.75, 3.05) is 0 Å². The second-order valence-electron chi connectivity index (χ2n) is 11.6. The van der Waals surface area contributed by atoms with Gasteiger partial charge in [-0.2, -0.15) is 5.26 Å². The van der Waals surface area contributed by atoms with Crippen molar-refractivity contribution >= 4 is 53.4 Å². The number of rotatable bonds is 4. The summed E-state index contributed by atoms with van der Waals surface area (Å²) in [5, 5.41) is 14.9. The van der Waals surface area contributed by atoms with Crippen LogP contribution in [0.25, 0.3) is 86.6 Å². The van der Waals surface area contributed by atoms with E-state index >= 15 is 0 Å². The highest BCUT2D eigenvalue weighted by molar-refractivity contribution is 7.25. The first-order valence-electron chi connectivity index (χ1n) is 15.3. The van der Waals surface area contributed by atoms with Gasteiger partial charge in [-0.15, -0.1) is 11.3 Å². The fourth-order valence-electron chi connectivity index (χ4n) is 6.71. The van der Waals surface area contributed by atoms with Gasteiger partial charge in [0, 0.05) is 36.5 Å². The average molecular weight is 604 g/mol. The topological polar surface area (TPSA) is 36.9 Å². The van der Waals surface area contributed by atoms with E-state index in [0.717, 1.165) is 66.4 Å². The number of hydrogen-bond donors (Lipinski definition) is 0. The van der Waals surface area contributed by atoms with Gasteiger partial charge in [0.1, 0.15) is 11.2 Å². The fourth-order valence-corrected chi connectivity index (χ4v) is 7.79. The minimum atomic E-state index is 0.626. The number of para-hydroxylation sites is 2. The lowest BCUT2D eigenvalue weighted by Crippen LogP contribution is -1.91. The van der Waals surface area contributed by atoms with Crippen molar-refractivity contribution in [3.05, 3.63) is 157 Å². The Morgan fingerprint density at radius 1 is 0.435 bits per heavy atom. The van der Waals surface area contributed by atoms with Crippen molar-refractivity contribution in [1.82, 2.24) is 0 Å². The largest absolute Gasteiger partial charge is 0.455 e. The molecule has 2 nitrogen and oxygen atoms in total. The van der Waals surface area contributed by atoms with E-state index in [1.54, 1.807) is 0 Å². The normalized spacial score (nSPS) is 11.5. The van der Waals surface area contributed by atoms with Gasteiger partial charge >= 0.3 is 0 Å². The van der Waals surface area contributed by atoms with Crippen LogP contribution < -0.4 is 0 Å². The molecule has 0 bridgehead atoms. The van der Waals surface area contributed by atoms with Gasteiger partial charge in [0.2, 0.25) is 0 Å². The van der Waals surface area contributed by atoms with Gasteiger partial charge < -0.3 is 4.42 Å². The number of fused-ring (bicyclic) bond motifs is 6.